The molecule has 0 bridgehead atoms. The van der Waals surface area contributed by atoms with Gasteiger partial charge in [0.25, 0.3) is 0 Å². The molecule has 78 valence electrons. The first kappa shape index (κ1) is 9.99. The second-order valence-corrected chi connectivity index (χ2v) is 4.27. The summed E-state index contributed by atoms with van der Waals surface area (Å²) in [7, 11) is 0. The lowest BCUT2D eigenvalue weighted by Gasteiger charge is -2.20. The van der Waals surface area contributed by atoms with Crippen molar-refractivity contribution >= 4 is 10.8 Å². The molecule has 0 saturated carbocycles. The minimum absolute atomic E-state index is 0.186. The Balaban J connectivity index is 2.83. The van der Waals surface area contributed by atoms with E-state index in [0.717, 1.165) is 16.3 Å². The first-order valence-electron chi connectivity index (χ1n) is 4.93. The number of phenolic OH excluding ortho intramolecular Hbond substituents is 1. The summed E-state index contributed by atoms with van der Waals surface area (Å²) in [5, 5.41) is 21.5. The Morgan fingerprint density at radius 3 is 2.40 bits per heavy atom. The van der Waals surface area contributed by atoms with Crippen molar-refractivity contribution in [1.82, 2.24) is 0 Å². The zero-order valence-electron chi connectivity index (χ0n) is 8.86. The molecule has 0 heterocycles. The molecule has 2 heteroatoms. The Kier molecular flexibility index (Phi) is 2.16. The van der Waals surface area contributed by atoms with Crippen LogP contribution in [0.2, 0.25) is 0 Å². The molecule has 0 aromatic heterocycles. The molecule has 2 aromatic carbocycles. The summed E-state index contributed by atoms with van der Waals surface area (Å²) >= 11 is 0. The van der Waals surface area contributed by atoms with E-state index in [4.69, 9.17) is 0 Å². The molecule has 0 aliphatic carbocycles. The maximum atomic E-state index is 10.0. The first-order chi connectivity index (χ1) is 6.98. The van der Waals surface area contributed by atoms with Crippen LogP contribution in [-0.4, -0.2) is 10.2 Å². The lowest BCUT2D eigenvalue weighted by Crippen LogP contribution is -2.15. The number of phenols is 1. The predicted octanol–water partition coefficient (Wildman–Crippen LogP) is 2.77. The van der Waals surface area contributed by atoms with Crippen molar-refractivity contribution in [3.8, 4) is 5.75 Å². The molecule has 0 atom stereocenters. The molecule has 0 unspecified atom stereocenters. The molecular weight excluding hydrogens is 188 g/mol. The van der Waals surface area contributed by atoms with E-state index in [1.165, 1.54) is 0 Å². The minimum atomic E-state index is -0.946. The first-order valence-corrected chi connectivity index (χ1v) is 4.93. The van der Waals surface area contributed by atoms with Crippen LogP contribution in [0.3, 0.4) is 0 Å². The van der Waals surface area contributed by atoms with E-state index in [2.05, 4.69) is 0 Å². The van der Waals surface area contributed by atoms with Crippen LogP contribution < -0.4 is 0 Å². The number of aliphatic hydroxyl groups is 1. The van der Waals surface area contributed by atoms with Gasteiger partial charge in [0.15, 0.2) is 0 Å². The van der Waals surface area contributed by atoms with Gasteiger partial charge in [-0.05, 0) is 42.3 Å². The Morgan fingerprint density at radius 2 is 1.73 bits per heavy atom. The molecule has 2 N–H and O–H groups in total. The minimum Gasteiger partial charge on any atom is -0.508 e. The summed E-state index contributed by atoms with van der Waals surface area (Å²) in [6.45, 7) is 3.43. The highest BCUT2D eigenvalue weighted by atomic mass is 16.3. The van der Waals surface area contributed by atoms with Crippen LogP contribution in [0.25, 0.3) is 10.8 Å². The van der Waals surface area contributed by atoms with Gasteiger partial charge in [0, 0.05) is 0 Å². The average molecular weight is 202 g/mol. The highest BCUT2D eigenvalue weighted by Crippen LogP contribution is 2.31. The molecule has 0 aliphatic heterocycles. The fourth-order valence-electron chi connectivity index (χ4n) is 1.80. The zero-order chi connectivity index (χ0) is 11.1. The van der Waals surface area contributed by atoms with Gasteiger partial charge in [0.2, 0.25) is 0 Å². The van der Waals surface area contributed by atoms with Crippen molar-refractivity contribution in [3.63, 3.8) is 0 Å². The van der Waals surface area contributed by atoms with Crippen molar-refractivity contribution in [2.45, 2.75) is 19.4 Å². The van der Waals surface area contributed by atoms with Gasteiger partial charge < -0.3 is 10.2 Å². The van der Waals surface area contributed by atoms with Gasteiger partial charge in [-0.3, -0.25) is 0 Å². The normalized spacial score (nSPS) is 11.9. The van der Waals surface area contributed by atoms with Crippen molar-refractivity contribution < 1.29 is 10.2 Å². The van der Waals surface area contributed by atoms with Crippen molar-refractivity contribution in [1.29, 1.82) is 0 Å². The van der Waals surface area contributed by atoms with Crippen molar-refractivity contribution in [3.05, 3.63) is 42.0 Å². The van der Waals surface area contributed by atoms with Crippen LogP contribution in [0.4, 0.5) is 0 Å². The van der Waals surface area contributed by atoms with Crippen LogP contribution in [0.5, 0.6) is 5.75 Å². The fraction of sp³-hybridized carbons (Fsp3) is 0.231. The molecule has 0 spiro atoms. The Hall–Kier alpha value is -1.54. The van der Waals surface area contributed by atoms with Crippen LogP contribution in [0, 0.1) is 0 Å². The van der Waals surface area contributed by atoms with Crippen molar-refractivity contribution in [2.24, 2.45) is 0 Å². The average Bonchev–Trinajstić information content (AvgIpc) is 2.15. The van der Waals surface area contributed by atoms with Gasteiger partial charge in [-0.1, -0.05) is 24.3 Å². The van der Waals surface area contributed by atoms with E-state index < -0.39 is 5.60 Å². The van der Waals surface area contributed by atoms with Gasteiger partial charge in [-0.2, -0.15) is 0 Å². The lowest BCUT2D eigenvalue weighted by molar-refractivity contribution is 0.0799. The second-order valence-electron chi connectivity index (χ2n) is 4.27. The van der Waals surface area contributed by atoms with E-state index in [9.17, 15) is 10.2 Å². The smallest absolute Gasteiger partial charge is 0.116 e. The van der Waals surface area contributed by atoms with Crippen LogP contribution in [0.15, 0.2) is 36.4 Å². The van der Waals surface area contributed by atoms with Gasteiger partial charge in [0.1, 0.15) is 5.75 Å². The Morgan fingerprint density at radius 1 is 1.07 bits per heavy atom. The molecule has 2 rings (SSSR count). The largest absolute Gasteiger partial charge is 0.508 e. The highest BCUT2D eigenvalue weighted by Gasteiger charge is 2.19. The van der Waals surface area contributed by atoms with Crippen LogP contribution in [0.1, 0.15) is 19.4 Å². The van der Waals surface area contributed by atoms with Gasteiger partial charge in [-0.15, -0.1) is 0 Å². The lowest BCUT2D eigenvalue weighted by atomic mass is 9.92. The second kappa shape index (κ2) is 3.24. The van der Waals surface area contributed by atoms with Gasteiger partial charge in [-0.25, -0.2) is 0 Å². The van der Waals surface area contributed by atoms with Crippen molar-refractivity contribution in [2.75, 3.05) is 0 Å². The third kappa shape index (κ3) is 1.81. The molecule has 2 nitrogen and oxygen atoms in total. The number of hydrogen-bond acceptors (Lipinski definition) is 2. The van der Waals surface area contributed by atoms with Crippen LogP contribution >= 0.6 is 0 Å². The van der Waals surface area contributed by atoms with E-state index in [0.29, 0.717) is 0 Å². The number of hydrogen-bond donors (Lipinski definition) is 2. The molecule has 0 fully saturated rings. The summed E-state index contributed by atoms with van der Waals surface area (Å²) in [6, 6.07) is 11.0. The summed E-state index contributed by atoms with van der Waals surface area (Å²) < 4.78 is 0. The third-order valence-electron chi connectivity index (χ3n) is 2.51. The van der Waals surface area contributed by atoms with E-state index in [-0.39, 0.29) is 5.75 Å². The summed E-state index contributed by atoms with van der Waals surface area (Å²) in [5.41, 5.74) is -0.198. The zero-order valence-corrected chi connectivity index (χ0v) is 8.86. The topological polar surface area (TPSA) is 40.5 Å². The predicted molar refractivity (Wildman–Crippen MR) is 60.9 cm³/mol. The SMILES string of the molecule is CC(C)(O)c1cc(O)cc2ccccc12. The molecule has 2 aromatic rings. The molecule has 0 saturated heterocycles. The highest BCUT2D eigenvalue weighted by molar-refractivity contribution is 5.87. The van der Waals surface area contributed by atoms with E-state index in [1.807, 2.05) is 24.3 Å². The van der Waals surface area contributed by atoms with Gasteiger partial charge >= 0.3 is 0 Å². The number of benzene rings is 2. The quantitative estimate of drug-likeness (QED) is 0.746. The summed E-state index contributed by atoms with van der Waals surface area (Å²) in [5.74, 6) is 0.186. The molecule has 0 radical (unpaired) electrons. The van der Waals surface area contributed by atoms with E-state index >= 15 is 0 Å². The summed E-state index contributed by atoms with van der Waals surface area (Å²) in [4.78, 5) is 0. The molecular formula is C13H14O2. The Bertz CT molecular complexity index is 495. The summed E-state index contributed by atoms with van der Waals surface area (Å²) in [6.07, 6.45) is 0. The van der Waals surface area contributed by atoms with Gasteiger partial charge in [0.05, 0.1) is 5.60 Å². The van der Waals surface area contributed by atoms with Crippen LogP contribution in [-0.2, 0) is 5.60 Å². The third-order valence-corrected chi connectivity index (χ3v) is 2.51. The maximum Gasteiger partial charge on any atom is 0.116 e. The fourth-order valence-corrected chi connectivity index (χ4v) is 1.80. The monoisotopic (exact) mass is 202 g/mol. The number of fused-ring (bicyclic) bond motifs is 1. The molecule has 0 amide bonds. The molecule has 15 heavy (non-hydrogen) atoms. The number of rotatable bonds is 1. The molecule has 0 aliphatic rings. The number of aromatic hydroxyl groups is 1. The standard InChI is InChI=1S/C13H14O2/c1-13(2,15)12-8-10(14)7-9-5-3-4-6-11(9)12/h3-8,14-15H,1-2H3. The maximum absolute atomic E-state index is 10.0. The Labute approximate surface area is 88.8 Å². The van der Waals surface area contributed by atoms with E-state index in [1.54, 1.807) is 26.0 Å².